The molecule has 0 aliphatic carbocycles. The molecule has 0 fully saturated rings. The number of ether oxygens (including phenoxy) is 3. The molecular weight excluding hydrogens is 673 g/mol. The van der Waals surface area contributed by atoms with Crippen molar-refractivity contribution in [3.8, 4) is 0 Å². The minimum atomic E-state index is -0.760. The third-order valence-electron chi connectivity index (χ3n) is 11.1. The highest BCUT2D eigenvalue weighted by molar-refractivity contribution is 5.71. The van der Waals surface area contributed by atoms with Crippen LogP contribution in [0.5, 0.6) is 0 Å². The van der Waals surface area contributed by atoms with Crippen LogP contribution in [0.3, 0.4) is 0 Å². The Labute approximate surface area is 336 Å². The highest BCUT2D eigenvalue weighted by Gasteiger charge is 2.19. The second kappa shape index (κ2) is 41.1. The molecule has 0 aliphatic rings. The van der Waals surface area contributed by atoms with Crippen molar-refractivity contribution in [1.29, 1.82) is 0 Å². The molecule has 0 saturated carbocycles. The van der Waals surface area contributed by atoms with Gasteiger partial charge in [-0.1, -0.05) is 221 Å². The van der Waals surface area contributed by atoms with Gasteiger partial charge in [-0.2, -0.15) is 0 Å². The molecule has 0 amide bonds. The molecule has 0 aromatic heterocycles. The monoisotopic (exact) mass is 765 g/mol. The first-order chi connectivity index (χ1) is 26.3. The average molecular weight is 765 g/mol. The second-order valence-electron chi connectivity index (χ2n) is 17.1. The molecule has 1 unspecified atom stereocenters. The molecule has 0 spiro atoms. The molecule has 0 rings (SSSR count). The van der Waals surface area contributed by atoms with Crippen LogP contribution in [0.2, 0.25) is 0 Å². The summed E-state index contributed by atoms with van der Waals surface area (Å²) in [5.41, 5.74) is 0. The molecule has 0 aromatic carbocycles. The van der Waals surface area contributed by atoms with Crippen LogP contribution in [0.1, 0.15) is 259 Å². The maximum Gasteiger partial charge on any atom is 0.306 e. The zero-order valence-electron chi connectivity index (χ0n) is 36.8. The highest BCUT2D eigenvalue weighted by Crippen LogP contribution is 2.17. The van der Waals surface area contributed by atoms with Gasteiger partial charge in [0.15, 0.2) is 6.10 Å². The molecule has 6 nitrogen and oxygen atoms in total. The normalized spacial score (nSPS) is 12.6. The molecule has 54 heavy (non-hydrogen) atoms. The highest BCUT2D eigenvalue weighted by atomic mass is 16.6. The Bertz CT molecular complexity index is 826. The summed E-state index contributed by atoms with van der Waals surface area (Å²) < 4.78 is 16.7. The second-order valence-corrected chi connectivity index (χ2v) is 17.1. The van der Waals surface area contributed by atoms with E-state index in [9.17, 15) is 14.4 Å². The van der Waals surface area contributed by atoms with Crippen LogP contribution in [-0.2, 0) is 28.6 Å². The van der Waals surface area contributed by atoms with Gasteiger partial charge in [0.05, 0.1) is 0 Å². The number of hydrogen-bond acceptors (Lipinski definition) is 6. The predicted octanol–water partition coefficient (Wildman–Crippen LogP) is 15.0. The van der Waals surface area contributed by atoms with Gasteiger partial charge < -0.3 is 14.2 Å². The quantitative estimate of drug-likeness (QED) is 0.0350. The van der Waals surface area contributed by atoms with E-state index in [1.807, 2.05) is 0 Å². The third kappa shape index (κ3) is 40.1. The zero-order valence-corrected chi connectivity index (χ0v) is 36.8. The maximum absolute atomic E-state index is 12.7. The summed E-state index contributed by atoms with van der Waals surface area (Å²) in [7, 11) is 0. The molecular formula is C48H92O6. The first-order valence-corrected chi connectivity index (χ1v) is 23.8. The SMILES string of the molecule is CCCCCCCCCCCCCC(=O)O[C@@H](COC(=O)CCCCCCCCCCCCC(C)C)COC(=O)CCCCCCCCCCC(C)CC. The Balaban J connectivity index is 4.34. The average Bonchev–Trinajstić information content (AvgIpc) is 3.15. The summed E-state index contributed by atoms with van der Waals surface area (Å²) in [6, 6.07) is 0. The largest absolute Gasteiger partial charge is 0.462 e. The Morgan fingerprint density at radius 3 is 1.06 bits per heavy atom. The minimum Gasteiger partial charge on any atom is -0.462 e. The van der Waals surface area contributed by atoms with E-state index in [1.165, 1.54) is 148 Å². The van der Waals surface area contributed by atoms with Crippen molar-refractivity contribution in [2.45, 2.75) is 265 Å². The molecule has 320 valence electrons. The van der Waals surface area contributed by atoms with Crippen molar-refractivity contribution >= 4 is 17.9 Å². The van der Waals surface area contributed by atoms with Crippen molar-refractivity contribution in [2.75, 3.05) is 13.2 Å². The fourth-order valence-electron chi connectivity index (χ4n) is 7.07. The molecule has 6 heteroatoms. The van der Waals surface area contributed by atoms with Crippen LogP contribution in [0.25, 0.3) is 0 Å². The van der Waals surface area contributed by atoms with Crippen LogP contribution in [0.15, 0.2) is 0 Å². The molecule has 2 atom stereocenters. The lowest BCUT2D eigenvalue weighted by Gasteiger charge is -2.18. The zero-order chi connectivity index (χ0) is 39.7. The molecule has 0 aromatic rings. The minimum absolute atomic E-state index is 0.0648. The van der Waals surface area contributed by atoms with Gasteiger partial charge in [-0.3, -0.25) is 14.4 Å². The molecule has 0 heterocycles. The van der Waals surface area contributed by atoms with Crippen LogP contribution >= 0.6 is 0 Å². The lowest BCUT2D eigenvalue weighted by Crippen LogP contribution is -2.30. The first kappa shape index (κ1) is 52.4. The van der Waals surface area contributed by atoms with Crippen LogP contribution in [0, 0.1) is 11.8 Å². The number of carbonyl (C=O) groups is 3. The van der Waals surface area contributed by atoms with E-state index < -0.39 is 6.10 Å². The lowest BCUT2D eigenvalue weighted by molar-refractivity contribution is -0.167. The number of esters is 3. The van der Waals surface area contributed by atoms with Gasteiger partial charge in [-0.15, -0.1) is 0 Å². The van der Waals surface area contributed by atoms with E-state index in [2.05, 4.69) is 34.6 Å². The van der Waals surface area contributed by atoms with E-state index in [0.29, 0.717) is 19.3 Å². The molecule has 0 bridgehead atoms. The molecule has 0 aliphatic heterocycles. The van der Waals surface area contributed by atoms with E-state index in [-0.39, 0.29) is 31.1 Å². The smallest absolute Gasteiger partial charge is 0.306 e. The van der Waals surface area contributed by atoms with Gasteiger partial charge in [0.2, 0.25) is 0 Å². The lowest BCUT2D eigenvalue weighted by atomic mass is 9.99. The summed E-state index contributed by atoms with van der Waals surface area (Å²) in [4.78, 5) is 37.8. The van der Waals surface area contributed by atoms with Gasteiger partial charge in [0.1, 0.15) is 13.2 Å². The number of hydrogen-bond donors (Lipinski definition) is 0. The van der Waals surface area contributed by atoms with Crippen LogP contribution in [-0.4, -0.2) is 37.2 Å². The third-order valence-corrected chi connectivity index (χ3v) is 11.1. The summed E-state index contributed by atoms with van der Waals surface area (Å²) in [6.07, 6.45) is 39.4. The molecule has 0 radical (unpaired) electrons. The summed E-state index contributed by atoms with van der Waals surface area (Å²) in [6.45, 7) is 11.3. The van der Waals surface area contributed by atoms with E-state index in [1.54, 1.807) is 0 Å². The number of carbonyl (C=O) groups excluding carboxylic acids is 3. The van der Waals surface area contributed by atoms with Crippen molar-refractivity contribution in [1.82, 2.24) is 0 Å². The summed E-state index contributed by atoms with van der Waals surface area (Å²) in [5, 5.41) is 0. The Hall–Kier alpha value is -1.59. The van der Waals surface area contributed by atoms with Crippen molar-refractivity contribution in [3.05, 3.63) is 0 Å². The van der Waals surface area contributed by atoms with Crippen LogP contribution in [0.4, 0.5) is 0 Å². The summed E-state index contributed by atoms with van der Waals surface area (Å²) >= 11 is 0. The summed E-state index contributed by atoms with van der Waals surface area (Å²) in [5.74, 6) is 0.810. The van der Waals surface area contributed by atoms with Crippen molar-refractivity contribution < 1.29 is 28.6 Å². The Kier molecular flexibility index (Phi) is 39.8. The van der Waals surface area contributed by atoms with Crippen molar-refractivity contribution in [3.63, 3.8) is 0 Å². The van der Waals surface area contributed by atoms with Gasteiger partial charge in [0.25, 0.3) is 0 Å². The van der Waals surface area contributed by atoms with Gasteiger partial charge >= 0.3 is 17.9 Å². The van der Waals surface area contributed by atoms with E-state index >= 15 is 0 Å². The number of rotatable bonds is 42. The predicted molar refractivity (Wildman–Crippen MR) is 229 cm³/mol. The Morgan fingerprint density at radius 2 is 0.704 bits per heavy atom. The standard InChI is InChI=1S/C48H92O6/c1-6-8-9-10-11-12-13-18-25-30-35-40-48(51)54-45(42-53-47(50)39-34-29-24-20-19-22-27-32-37-44(5)7-2)41-52-46(49)38-33-28-23-17-15-14-16-21-26-31-36-43(3)4/h43-45H,6-42H2,1-5H3/t44?,45-/m0/s1. The fourth-order valence-corrected chi connectivity index (χ4v) is 7.07. The van der Waals surface area contributed by atoms with Gasteiger partial charge in [-0.05, 0) is 31.1 Å². The Morgan fingerprint density at radius 1 is 0.389 bits per heavy atom. The topological polar surface area (TPSA) is 78.9 Å². The van der Waals surface area contributed by atoms with Crippen molar-refractivity contribution in [2.24, 2.45) is 11.8 Å². The molecule has 0 N–H and O–H groups in total. The maximum atomic E-state index is 12.7. The molecule has 0 saturated heterocycles. The fraction of sp³-hybridized carbons (Fsp3) is 0.938. The van der Waals surface area contributed by atoms with Crippen LogP contribution < -0.4 is 0 Å². The number of unbranched alkanes of at least 4 members (excludes halogenated alkanes) is 26. The van der Waals surface area contributed by atoms with Gasteiger partial charge in [0, 0.05) is 19.3 Å². The van der Waals surface area contributed by atoms with Gasteiger partial charge in [-0.25, -0.2) is 0 Å². The van der Waals surface area contributed by atoms with E-state index in [0.717, 1.165) is 69.6 Å². The first-order valence-electron chi connectivity index (χ1n) is 23.8. The van der Waals surface area contributed by atoms with E-state index in [4.69, 9.17) is 14.2 Å².